The van der Waals surface area contributed by atoms with Crippen molar-refractivity contribution in [2.75, 3.05) is 11.9 Å². The molecule has 0 fully saturated rings. The maximum atomic E-state index is 9.18. The summed E-state index contributed by atoms with van der Waals surface area (Å²) in [4.78, 5) is 0. The molecule has 1 unspecified atom stereocenters. The lowest BCUT2D eigenvalue weighted by Crippen LogP contribution is -2.09. The third-order valence-electron chi connectivity index (χ3n) is 2.45. The Bertz CT molecular complexity index is 592. The lowest BCUT2D eigenvalue weighted by atomic mass is 10.2. The molecule has 1 heterocycles. The van der Waals surface area contributed by atoms with Crippen LogP contribution in [0.3, 0.4) is 0 Å². The summed E-state index contributed by atoms with van der Waals surface area (Å²) in [5.74, 6) is 0. The molecule has 0 bridgehead atoms. The summed E-state index contributed by atoms with van der Waals surface area (Å²) in [6, 6.07) is 8.58. The summed E-state index contributed by atoms with van der Waals surface area (Å²) in [5, 5.41) is 29.3. The minimum Gasteiger partial charge on any atom is -0.394 e. The first-order valence-electron chi connectivity index (χ1n) is 5.65. The van der Waals surface area contributed by atoms with Crippen LogP contribution in [0, 0.1) is 11.3 Å². The van der Waals surface area contributed by atoms with Gasteiger partial charge in [-0.15, -0.1) is 5.10 Å². The highest BCUT2D eigenvalue weighted by atomic mass is 35.5. The number of nitrogens with zero attached hydrogens (tertiary/aromatic N) is 4. The molecule has 6 nitrogen and oxygen atoms in total. The Balaban J connectivity index is 2.13. The van der Waals surface area contributed by atoms with Gasteiger partial charge >= 0.3 is 0 Å². The van der Waals surface area contributed by atoms with E-state index in [1.807, 2.05) is 6.07 Å². The second-order valence-electron chi connectivity index (χ2n) is 3.85. The molecule has 1 aromatic carbocycles. The summed E-state index contributed by atoms with van der Waals surface area (Å²) in [7, 11) is 0. The van der Waals surface area contributed by atoms with Crippen LogP contribution in [0.2, 0.25) is 5.02 Å². The Morgan fingerprint density at radius 1 is 1.53 bits per heavy atom. The Kier molecular flexibility index (Phi) is 4.34. The molecule has 0 spiro atoms. The van der Waals surface area contributed by atoms with Gasteiger partial charge in [0.05, 0.1) is 25.4 Å². The van der Waals surface area contributed by atoms with Gasteiger partial charge < -0.3 is 10.4 Å². The van der Waals surface area contributed by atoms with Gasteiger partial charge in [-0.25, -0.2) is 4.68 Å². The van der Waals surface area contributed by atoms with Crippen molar-refractivity contribution in [2.45, 2.75) is 12.6 Å². The van der Waals surface area contributed by atoms with Gasteiger partial charge in [0.25, 0.3) is 0 Å². The molecule has 0 aliphatic heterocycles. The Labute approximate surface area is 115 Å². The SMILES string of the molecule is N#CC(Nc1cccc(Cl)c1)c1cn(CCO)nn1. The van der Waals surface area contributed by atoms with Crippen LogP contribution in [-0.4, -0.2) is 26.7 Å². The fraction of sp³-hybridized carbons (Fsp3) is 0.250. The summed E-state index contributed by atoms with van der Waals surface area (Å²) < 4.78 is 1.49. The lowest BCUT2D eigenvalue weighted by molar-refractivity contribution is 0.268. The van der Waals surface area contributed by atoms with Gasteiger partial charge in [-0.3, -0.25) is 0 Å². The summed E-state index contributed by atoms with van der Waals surface area (Å²) in [6.07, 6.45) is 1.63. The average Bonchev–Trinajstić information content (AvgIpc) is 2.85. The van der Waals surface area contributed by atoms with Gasteiger partial charge in [0.2, 0.25) is 0 Å². The number of nitrogens with one attached hydrogen (secondary N) is 1. The molecule has 0 saturated heterocycles. The second kappa shape index (κ2) is 6.18. The molecular formula is C12H12ClN5O. The predicted octanol–water partition coefficient (Wildman–Crippen LogP) is 1.60. The van der Waals surface area contributed by atoms with E-state index in [0.29, 0.717) is 17.3 Å². The molecule has 1 aromatic heterocycles. The molecule has 0 aliphatic carbocycles. The molecule has 2 rings (SSSR count). The van der Waals surface area contributed by atoms with E-state index < -0.39 is 6.04 Å². The number of aromatic nitrogens is 3. The molecule has 19 heavy (non-hydrogen) atoms. The first-order valence-corrected chi connectivity index (χ1v) is 6.03. The van der Waals surface area contributed by atoms with E-state index in [0.717, 1.165) is 5.69 Å². The zero-order chi connectivity index (χ0) is 13.7. The quantitative estimate of drug-likeness (QED) is 0.867. The number of aliphatic hydroxyl groups excluding tert-OH is 1. The number of hydrogen-bond donors (Lipinski definition) is 2. The number of aliphatic hydroxyl groups is 1. The summed E-state index contributed by atoms with van der Waals surface area (Å²) >= 11 is 5.88. The predicted molar refractivity (Wildman–Crippen MR) is 70.5 cm³/mol. The van der Waals surface area contributed by atoms with Crippen molar-refractivity contribution in [3.63, 3.8) is 0 Å². The largest absolute Gasteiger partial charge is 0.394 e. The van der Waals surface area contributed by atoms with Crippen molar-refractivity contribution in [3.05, 3.63) is 41.2 Å². The fourth-order valence-electron chi connectivity index (χ4n) is 1.57. The van der Waals surface area contributed by atoms with E-state index >= 15 is 0 Å². The van der Waals surface area contributed by atoms with Crippen LogP contribution in [0.1, 0.15) is 11.7 Å². The maximum Gasteiger partial charge on any atom is 0.160 e. The van der Waals surface area contributed by atoms with E-state index in [9.17, 15) is 5.26 Å². The zero-order valence-electron chi connectivity index (χ0n) is 9.99. The van der Waals surface area contributed by atoms with E-state index in [4.69, 9.17) is 16.7 Å². The van der Waals surface area contributed by atoms with E-state index in [1.54, 1.807) is 24.4 Å². The zero-order valence-corrected chi connectivity index (χ0v) is 10.7. The molecule has 0 amide bonds. The molecule has 7 heteroatoms. The highest BCUT2D eigenvalue weighted by molar-refractivity contribution is 6.30. The van der Waals surface area contributed by atoms with Crippen LogP contribution >= 0.6 is 11.6 Å². The van der Waals surface area contributed by atoms with Crippen molar-refractivity contribution < 1.29 is 5.11 Å². The highest BCUT2D eigenvalue weighted by Crippen LogP contribution is 2.20. The van der Waals surface area contributed by atoms with Gasteiger partial charge in [-0.2, -0.15) is 5.26 Å². The number of nitriles is 1. The van der Waals surface area contributed by atoms with Gasteiger partial charge in [0, 0.05) is 10.7 Å². The molecule has 98 valence electrons. The normalized spacial score (nSPS) is 11.8. The molecule has 0 saturated carbocycles. The molecule has 2 N–H and O–H groups in total. The van der Waals surface area contributed by atoms with Crippen LogP contribution in [0.5, 0.6) is 0 Å². The van der Waals surface area contributed by atoms with Crippen molar-refractivity contribution in [1.29, 1.82) is 5.26 Å². The molecule has 0 radical (unpaired) electrons. The van der Waals surface area contributed by atoms with Crippen molar-refractivity contribution in [2.24, 2.45) is 0 Å². The highest BCUT2D eigenvalue weighted by Gasteiger charge is 2.14. The molecular weight excluding hydrogens is 266 g/mol. The number of halogens is 1. The van der Waals surface area contributed by atoms with Gasteiger partial charge in [-0.05, 0) is 18.2 Å². The molecule has 0 aliphatic rings. The van der Waals surface area contributed by atoms with E-state index in [1.165, 1.54) is 4.68 Å². The van der Waals surface area contributed by atoms with Crippen LogP contribution in [0.15, 0.2) is 30.5 Å². The Morgan fingerprint density at radius 2 is 2.37 bits per heavy atom. The molecule has 1 atom stereocenters. The monoisotopic (exact) mass is 277 g/mol. The minimum atomic E-state index is -0.620. The smallest absolute Gasteiger partial charge is 0.160 e. The standard InChI is InChI=1S/C12H12ClN5O/c13-9-2-1-3-10(6-9)15-11(7-14)12-8-18(4-5-19)17-16-12/h1-3,6,8,11,15,19H,4-5H2. The Morgan fingerprint density at radius 3 is 3.05 bits per heavy atom. The van der Waals surface area contributed by atoms with Gasteiger partial charge in [0.15, 0.2) is 6.04 Å². The van der Waals surface area contributed by atoms with Gasteiger partial charge in [-0.1, -0.05) is 22.9 Å². The lowest BCUT2D eigenvalue weighted by Gasteiger charge is -2.10. The molecule has 2 aromatic rings. The number of hydrogen-bond acceptors (Lipinski definition) is 5. The van der Waals surface area contributed by atoms with E-state index in [-0.39, 0.29) is 6.61 Å². The minimum absolute atomic E-state index is 0.0260. The summed E-state index contributed by atoms with van der Waals surface area (Å²) in [5.41, 5.74) is 1.23. The van der Waals surface area contributed by atoms with Crippen LogP contribution in [0.25, 0.3) is 0 Å². The average molecular weight is 278 g/mol. The van der Waals surface area contributed by atoms with E-state index in [2.05, 4.69) is 21.7 Å². The topological polar surface area (TPSA) is 86.8 Å². The van der Waals surface area contributed by atoms with Crippen molar-refractivity contribution in [1.82, 2.24) is 15.0 Å². The van der Waals surface area contributed by atoms with Crippen molar-refractivity contribution in [3.8, 4) is 6.07 Å². The first kappa shape index (κ1) is 13.3. The van der Waals surface area contributed by atoms with Crippen LogP contribution in [-0.2, 0) is 6.54 Å². The fourth-order valence-corrected chi connectivity index (χ4v) is 1.76. The number of benzene rings is 1. The second-order valence-corrected chi connectivity index (χ2v) is 4.28. The third kappa shape index (κ3) is 3.44. The Hall–Kier alpha value is -2.10. The first-order chi connectivity index (χ1) is 9.22. The van der Waals surface area contributed by atoms with Crippen LogP contribution in [0.4, 0.5) is 5.69 Å². The number of rotatable bonds is 5. The third-order valence-corrected chi connectivity index (χ3v) is 2.68. The summed E-state index contributed by atoms with van der Waals surface area (Å²) in [6.45, 7) is 0.323. The number of anilines is 1. The van der Waals surface area contributed by atoms with Crippen molar-refractivity contribution >= 4 is 17.3 Å². The van der Waals surface area contributed by atoms with Crippen LogP contribution < -0.4 is 5.32 Å². The van der Waals surface area contributed by atoms with Gasteiger partial charge in [0.1, 0.15) is 5.69 Å². The maximum absolute atomic E-state index is 9.18.